The van der Waals surface area contributed by atoms with Gasteiger partial charge in [0.2, 0.25) is 0 Å². The average Bonchev–Trinajstić information content (AvgIpc) is 2.50. The van der Waals surface area contributed by atoms with E-state index >= 15 is 0 Å². The second-order valence-corrected chi connectivity index (χ2v) is 7.81. The van der Waals surface area contributed by atoms with Crippen molar-refractivity contribution in [3.63, 3.8) is 0 Å². The number of rotatable bonds is 4. The molecule has 0 atom stereocenters. The molecule has 0 spiro atoms. The van der Waals surface area contributed by atoms with E-state index in [2.05, 4.69) is 37.1 Å². The normalized spacial score (nSPS) is 17.4. The molecule has 0 amide bonds. The monoisotopic (exact) mass is 449 g/mol. The first-order chi connectivity index (χ1) is 10.6. The lowest BCUT2D eigenvalue weighted by molar-refractivity contribution is 0.375. The first kappa shape index (κ1) is 20.4. The second-order valence-electron chi connectivity index (χ2n) is 6.01. The molecule has 1 saturated heterocycles. The van der Waals surface area contributed by atoms with Gasteiger partial charge < -0.3 is 15.0 Å². The standard InChI is InChI=1S/C17H27N3OS.HI/c1-5-18-16(20-10-11-22-17(2,3)13-20)19-12-14-8-6-7-9-15(14)21-4;/h6-9H,5,10-13H2,1-4H3,(H,18,19);1H. The van der Waals surface area contributed by atoms with Gasteiger partial charge in [-0.1, -0.05) is 18.2 Å². The van der Waals surface area contributed by atoms with E-state index in [1.165, 1.54) is 0 Å². The van der Waals surface area contributed by atoms with Gasteiger partial charge in [0.15, 0.2) is 5.96 Å². The van der Waals surface area contributed by atoms with E-state index in [0.717, 1.165) is 42.7 Å². The Kier molecular flexibility index (Phi) is 8.53. The highest BCUT2D eigenvalue weighted by Gasteiger charge is 2.28. The number of guanidine groups is 1. The third-order valence-electron chi connectivity index (χ3n) is 3.65. The number of thioether (sulfide) groups is 1. The summed E-state index contributed by atoms with van der Waals surface area (Å²) < 4.78 is 5.69. The first-order valence-electron chi connectivity index (χ1n) is 7.85. The molecule has 4 nitrogen and oxygen atoms in total. The molecule has 1 aliphatic rings. The zero-order chi connectivity index (χ0) is 16.0. The number of halogens is 1. The molecule has 23 heavy (non-hydrogen) atoms. The SMILES string of the molecule is CCNC(=NCc1ccccc1OC)N1CCSC(C)(C)C1.I. The highest BCUT2D eigenvalue weighted by atomic mass is 127. The van der Waals surface area contributed by atoms with Crippen LogP contribution in [0.3, 0.4) is 0 Å². The lowest BCUT2D eigenvalue weighted by atomic mass is 10.2. The molecule has 0 unspecified atom stereocenters. The molecule has 1 aromatic rings. The van der Waals surface area contributed by atoms with Crippen LogP contribution >= 0.6 is 35.7 Å². The zero-order valence-electron chi connectivity index (χ0n) is 14.5. The van der Waals surface area contributed by atoms with E-state index in [1.54, 1.807) is 7.11 Å². The van der Waals surface area contributed by atoms with Crippen molar-refractivity contribution in [2.45, 2.75) is 32.1 Å². The number of nitrogens with one attached hydrogen (secondary N) is 1. The van der Waals surface area contributed by atoms with Gasteiger partial charge in [0.1, 0.15) is 5.75 Å². The van der Waals surface area contributed by atoms with E-state index in [9.17, 15) is 0 Å². The Morgan fingerprint density at radius 1 is 1.39 bits per heavy atom. The lowest BCUT2D eigenvalue weighted by Gasteiger charge is -2.39. The number of nitrogens with zero attached hydrogens (tertiary/aromatic N) is 2. The van der Waals surface area contributed by atoms with Gasteiger partial charge in [-0.05, 0) is 26.8 Å². The van der Waals surface area contributed by atoms with Crippen LogP contribution in [-0.4, -0.2) is 48.1 Å². The summed E-state index contributed by atoms with van der Waals surface area (Å²) in [4.78, 5) is 7.19. The third kappa shape index (κ3) is 6.06. The van der Waals surface area contributed by atoms with Crippen molar-refractivity contribution in [2.75, 3.05) is 32.5 Å². The summed E-state index contributed by atoms with van der Waals surface area (Å²) in [5, 5.41) is 3.42. The van der Waals surface area contributed by atoms with Crippen LogP contribution in [-0.2, 0) is 6.54 Å². The van der Waals surface area contributed by atoms with Gasteiger partial charge in [-0.15, -0.1) is 24.0 Å². The third-order valence-corrected chi connectivity index (χ3v) is 4.95. The maximum absolute atomic E-state index is 5.41. The molecule has 130 valence electrons. The smallest absolute Gasteiger partial charge is 0.194 e. The van der Waals surface area contributed by atoms with Gasteiger partial charge in [-0.2, -0.15) is 11.8 Å². The average molecular weight is 449 g/mol. The van der Waals surface area contributed by atoms with Crippen LogP contribution in [0.25, 0.3) is 0 Å². The van der Waals surface area contributed by atoms with Gasteiger partial charge in [-0.25, -0.2) is 4.99 Å². The van der Waals surface area contributed by atoms with Crippen LogP contribution in [0, 0.1) is 0 Å². The molecule has 0 aliphatic carbocycles. The minimum atomic E-state index is 0. The number of para-hydroxylation sites is 1. The van der Waals surface area contributed by atoms with Crippen molar-refractivity contribution in [3.8, 4) is 5.75 Å². The molecule has 1 heterocycles. The van der Waals surface area contributed by atoms with E-state index in [0.29, 0.717) is 6.54 Å². The van der Waals surface area contributed by atoms with Crippen LogP contribution in [0.2, 0.25) is 0 Å². The zero-order valence-corrected chi connectivity index (χ0v) is 17.6. The number of aliphatic imine (C=N–C) groups is 1. The minimum Gasteiger partial charge on any atom is -0.496 e. The van der Waals surface area contributed by atoms with E-state index in [4.69, 9.17) is 9.73 Å². The molecule has 1 aliphatic heterocycles. The number of methoxy groups -OCH3 is 1. The van der Waals surface area contributed by atoms with Crippen LogP contribution in [0.4, 0.5) is 0 Å². The van der Waals surface area contributed by atoms with Crippen LogP contribution in [0.1, 0.15) is 26.3 Å². The van der Waals surface area contributed by atoms with E-state index < -0.39 is 0 Å². The predicted octanol–water partition coefficient (Wildman–Crippen LogP) is 3.61. The fourth-order valence-electron chi connectivity index (χ4n) is 2.62. The Bertz CT molecular complexity index is 522. The lowest BCUT2D eigenvalue weighted by Crippen LogP contribution is -2.50. The van der Waals surface area contributed by atoms with Gasteiger partial charge in [0.05, 0.1) is 13.7 Å². The number of hydrogen-bond acceptors (Lipinski definition) is 3. The van der Waals surface area contributed by atoms with Crippen molar-refractivity contribution in [3.05, 3.63) is 29.8 Å². The summed E-state index contributed by atoms with van der Waals surface area (Å²) in [6, 6.07) is 8.07. The molecule has 6 heteroatoms. The minimum absolute atomic E-state index is 0. The number of hydrogen-bond donors (Lipinski definition) is 1. The summed E-state index contributed by atoms with van der Waals surface area (Å²) in [5.74, 6) is 3.05. The number of benzene rings is 1. The Labute approximate surface area is 161 Å². The molecule has 0 saturated carbocycles. The summed E-state index contributed by atoms with van der Waals surface area (Å²) in [5.41, 5.74) is 1.12. The Morgan fingerprint density at radius 2 is 2.13 bits per heavy atom. The molecule has 0 aromatic heterocycles. The largest absolute Gasteiger partial charge is 0.496 e. The van der Waals surface area contributed by atoms with Crippen molar-refractivity contribution in [2.24, 2.45) is 4.99 Å². The van der Waals surface area contributed by atoms with E-state index in [-0.39, 0.29) is 28.7 Å². The summed E-state index contributed by atoms with van der Waals surface area (Å²) in [6.45, 7) is 10.3. The molecule has 1 N–H and O–H groups in total. The van der Waals surface area contributed by atoms with Gasteiger partial charge in [0, 0.05) is 35.7 Å². The van der Waals surface area contributed by atoms with Gasteiger partial charge >= 0.3 is 0 Å². The highest BCUT2D eigenvalue weighted by molar-refractivity contribution is 14.0. The molecule has 0 radical (unpaired) electrons. The second kappa shape index (κ2) is 9.61. The Hall–Kier alpha value is -0.630. The fourth-order valence-corrected chi connectivity index (χ4v) is 3.73. The van der Waals surface area contributed by atoms with Gasteiger partial charge in [0.25, 0.3) is 0 Å². The van der Waals surface area contributed by atoms with Crippen molar-refractivity contribution < 1.29 is 4.74 Å². The Balaban J connectivity index is 0.00000264. The first-order valence-corrected chi connectivity index (χ1v) is 8.83. The predicted molar refractivity (Wildman–Crippen MR) is 111 cm³/mol. The van der Waals surface area contributed by atoms with Crippen LogP contribution in [0.15, 0.2) is 29.3 Å². The summed E-state index contributed by atoms with van der Waals surface area (Å²) in [7, 11) is 1.71. The molecular formula is C17H28IN3OS. The molecular weight excluding hydrogens is 421 g/mol. The maximum Gasteiger partial charge on any atom is 0.194 e. The van der Waals surface area contributed by atoms with Crippen molar-refractivity contribution >= 4 is 41.7 Å². The Morgan fingerprint density at radius 3 is 2.78 bits per heavy atom. The summed E-state index contributed by atoms with van der Waals surface area (Å²) in [6.07, 6.45) is 0. The van der Waals surface area contributed by atoms with Crippen molar-refractivity contribution in [1.82, 2.24) is 10.2 Å². The van der Waals surface area contributed by atoms with E-state index in [1.807, 2.05) is 30.0 Å². The van der Waals surface area contributed by atoms with Crippen LogP contribution in [0.5, 0.6) is 5.75 Å². The molecule has 2 rings (SSSR count). The fraction of sp³-hybridized carbons (Fsp3) is 0.588. The molecule has 0 bridgehead atoms. The number of ether oxygens (including phenoxy) is 1. The molecule has 1 fully saturated rings. The molecule has 1 aromatic carbocycles. The van der Waals surface area contributed by atoms with Crippen LogP contribution < -0.4 is 10.1 Å². The maximum atomic E-state index is 5.41. The highest BCUT2D eigenvalue weighted by Crippen LogP contribution is 2.29. The summed E-state index contributed by atoms with van der Waals surface area (Å²) >= 11 is 2.04. The topological polar surface area (TPSA) is 36.9 Å². The van der Waals surface area contributed by atoms with Crippen molar-refractivity contribution in [1.29, 1.82) is 0 Å². The van der Waals surface area contributed by atoms with Gasteiger partial charge in [-0.3, -0.25) is 0 Å². The quantitative estimate of drug-likeness (QED) is 0.433.